The van der Waals surface area contributed by atoms with Gasteiger partial charge in [0.2, 0.25) is 0 Å². The highest BCUT2D eigenvalue weighted by atomic mass is 16.4. The zero-order valence-corrected chi connectivity index (χ0v) is 23.0. The fourth-order valence-electron chi connectivity index (χ4n) is 4.54. The van der Waals surface area contributed by atoms with Crippen LogP contribution < -0.4 is 0 Å². The van der Waals surface area contributed by atoms with E-state index in [0.717, 1.165) is 12.8 Å². The van der Waals surface area contributed by atoms with E-state index in [1.165, 1.54) is 148 Å². The lowest BCUT2D eigenvalue weighted by molar-refractivity contribution is -0.137. The molecule has 0 bridgehead atoms. The fraction of sp³-hybridized carbons (Fsp3) is 0.844. The highest BCUT2D eigenvalue weighted by Crippen LogP contribution is 2.14. The Morgan fingerprint density at radius 3 is 1.09 bits per heavy atom. The van der Waals surface area contributed by atoms with E-state index in [4.69, 9.17) is 5.11 Å². The first-order valence-corrected chi connectivity index (χ1v) is 15.3. The van der Waals surface area contributed by atoms with E-state index in [0.29, 0.717) is 6.42 Å². The number of hydrogen-bond donors (Lipinski definition) is 1. The van der Waals surface area contributed by atoms with Gasteiger partial charge in [0, 0.05) is 6.42 Å². The first-order valence-electron chi connectivity index (χ1n) is 15.3. The Hall–Kier alpha value is -1.05. The molecule has 0 heterocycles. The maximum absolute atomic E-state index is 10.4. The highest BCUT2D eigenvalue weighted by molar-refractivity contribution is 5.66. The molecule has 1 N–H and O–H groups in total. The third-order valence-electron chi connectivity index (χ3n) is 6.82. The summed E-state index contributed by atoms with van der Waals surface area (Å²) in [4.78, 5) is 10.4. The molecular weight excluding hydrogens is 416 g/mol. The maximum atomic E-state index is 10.4. The van der Waals surface area contributed by atoms with Gasteiger partial charge in [0.15, 0.2) is 0 Å². The lowest BCUT2D eigenvalue weighted by atomic mass is 10.0. The number of carboxylic acid groups (broad SMARTS) is 1. The van der Waals surface area contributed by atoms with E-state index < -0.39 is 5.97 Å². The molecule has 0 amide bonds. The monoisotopic (exact) mass is 476 g/mol. The van der Waals surface area contributed by atoms with E-state index >= 15 is 0 Å². The van der Waals surface area contributed by atoms with Gasteiger partial charge in [-0.1, -0.05) is 147 Å². The molecule has 34 heavy (non-hydrogen) atoms. The van der Waals surface area contributed by atoms with Crippen molar-refractivity contribution in [2.75, 3.05) is 0 Å². The third-order valence-corrected chi connectivity index (χ3v) is 6.82. The fourth-order valence-corrected chi connectivity index (χ4v) is 4.54. The van der Waals surface area contributed by atoms with Crippen molar-refractivity contribution in [3.8, 4) is 0 Å². The van der Waals surface area contributed by atoms with Gasteiger partial charge in [0.05, 0.1) is 0 Å². The van der Waals surface area contributed by atoms with Gasteiger partial charge in [-0.25, -0.2) is 0 Å². The van der Waals surface area contributed by atoms with Crippen LogP contribution in [0.3, 0.4) is 0 Å². The number of hydrogen-bond acceptors (Lipinski definition) is 1. The lowest BCUT2D eigenvalue weighted by Crippen LogP contribution is -1.93. The minimum absolute atomic E-state index is 0.343. The van der Waals surface area contributed by atoms with Gasteiger partial charge >= 0.3 is 5.97 Å². The molecular formula is C32H60O2. The molecule has 0 aliphatic carbocycles. The summed E-state index contributed by atoms with van der Waals surface area (Å²) in [5, 5.41) is 8.61. The first kappa shape index (κ1) is 33.0. The molecule has 2 nitrogen and oxygen atoms in total. The van der Waals surface area contributed by atoms with Gasteiger partial charge in [-0.05, 0) is 44.9 Å². The smallest absolute Gasteiger partial charge is 0.303 e. The summed E-state index contributed by atoms with van der Waals surface area (Å²) < 4.78 is 0. The minimum Gasteiger partial charge on any atom is -0.481 e. The highest BCUT2D eigenvalue weighted by Gasteiger charge is 1.97. The summed E-state index contributed by atoms with van der Waals surface area (Å²) in [5.74, 6) is -0.652. The van der Waals surface area contributed by atoms with Crippen LogP contribution in [0.15, 0.2) is 24.3 Å². The summed E-state index contributed by atoms with van der Waals surface area (Å²) in [6.45, 7) is 2.27. The second-order valence-corrected chi connectivity index (χ2v) is 10.3. The van der Waals surface area contributed by atoms with E-state index in [9.17, 15) is 4.79 Å². The van der Waals surface area contributed by atoms with E-state index in [2.05, 4.69) is 31.2 Å². The average molecular weight is 477 g/mol. The van der Waals surface area contributed by atoms with E-state index in [-0.39, 0.29) is 0 Å². The van der Waals surface area contributed by atoms with Crippen molar-refractivity contribution < 1.29 is 9.90 Å². The lowest BCUT2D eigenvalue weighted by Gasteiger charge is -2.03. The second-order valence-electron chi connectivity index (χ2n) is 10.3. The van der Waals surface area contributed by atoms with Crippen LogP contribution in [-0.4, -0.2) is 11.1 Å². The predicted octanol–water partition coefficient (Wildman–Crippen LogP) is 11.3. The Labute approximate surface area is 214 Å². The zero-order valence-electron chi connectivity index (χ0n) is 23.0. The molecule has 0 atom stereocenters. The van der Waals surface area contributed by atoms with Gasteiger partial charge < -0.3 is 5.11 Å². The zero-order chi connectivity index (χ0) is 24.8. The average Bonchev–Trinajstić information content (AvgIpc) is 2.83. The molecule has 0 aliphatic rings. The van der Waals surface area contributed by atoms with Crippen LogP contribution in [0.1, 0.15) is 174 Å². The van der Waals surface area contributed by atoms with Gasteiger partial charge in [-0.3, -0.25) is 4.79 Å². The largest absolute Gasteiger partial charge is 0.481 e. The Morgan fingerprint density at radius 1 is 0.441 bits per heavy atom. The van der Waals surface area contributed by atoms with Crippen LogP contribution in [-0.2, 0) is 4.79 Å². The standard InChI is InChI=1S/C32H60O2/c1-2-3-4-5-6-7-8-9-10-11-12-13-14-15-16-17-18-19-20-21-22-23-24-25-26-27-28-29-30-31-32(33)34/h7-8,11-12H,2-6,9-10,13-31H2,1H3,(H,33,34). The molecule has 0 aromatic carbocycles. The number of carbonyl (C=O) groups is 1. The molecule has 0 aromatic rings. The number of aliphatic carboxylic acids is 1. The van der Waals surface area contributed by atoms with Crippen molar-refractivity contribution in [3.05, 3.63) is 24.3 Å². The van der Waals surface area contributed by atoms with Crippen LogP contribution >= 0.6 is 0 Å². The van der Waals surface area contributed by atoms with Crippen molar-refractivity contribution in [2.45, 2.75) is 174 Å². The molecule has 0 rings (SSSR count). The summed E-state index contributed by atoms with van der Waals surface area (Å²) in [6, 6.07) is 0. The summed E-state index contributed by atoms with van der Waals surface area (Å²) >= 11 is 0. The number of carboxylic acids is 1. The van der Waals surface area contributed by atoms with Crippen molar-refractivity contribution in [3.63, 3.8) is 0 Å². The van der Waals surface area contributed by atoms with Crippen molar-refractivity contribution in [1.29, 1.82) is 0 Å². The molecule has 2 heteroatoms. The van der Waals surface area contributed by atoms with E-state index in [1.54, 1.807) is 0 Å². The number of allylic oxidation sites excluding steroid dienone is 4. The molecule has 0 saturated carbocycles. The summed E-state index contributed by atoms with van der Waals surface area (Å²) in [7, 11) is 0. The van der Waals surface area contributed by atoms with Crippen LogP contribution in [0.4, 0.5) is 0 Å². The van der Waals surface area contributed by atoms with E-state index in [1.807, 2.05) is 0 Å². The predicted molar refractivity (Wildman–Crippen MR) is 152 cm³/mol. The Kier molecular flexibility index (Phi) is 29.1. The van der Waals surface area contributed by atoms with Gasteiger partial charge in [0.25, 0.3) is 0 Å². The summed E-state index contributed by atoms with van der Waals surface area (Å²) in [6.07, 6.45) is 43.0. The van der Waals surface area contributed by atoms with Crippen LogP contribution in [0.2, 0.25) is 0 Å². The second kappa shape index (κ2) is 30.0. The Balaban J connectivity index is 3.11. The van der Waals surface area contributed by atoms with Crippen molar-refractivity contribution in [1.82, 2.24) is 0 Å². The quantitative estimate of drug-likeness (QED) is 0.0900. The molecule has 200 valence electrons. The van der Waals surface area contributed by atoms with Gasteiger partial charge in [-0.2, -0.15) is 0 Å². The molecule has 0 saturated heterocycles. The topological polar surface area (TPSA) is 37.3 Å². The normalized spacial score (nSPS) is 11.8. The van der Waals surface area contributed by atoms with Crippen LogP contribution in [0.25, 0.3) is 0 Å². The number of rotatable bonds is 28. The van der Waals surface area contributed by atoms with Crippen LogP contribution in [0, 0.1) is 0 Å². The molecule has 0 aliphatic heterocycles. The van der Waals surface area contributed by atoms with Gasteiger partial charge in [-0.15, -0.1) is 0 Å². The molecule has 0 radical (unpaired) electrons. The first-order chi connectivity index (χ1) is 16.8. The maximum Gasteiger partial charge on any atom is 0.303 e. The minimum atomic E-state index is -0.652. The summed E-state index contributed by atoms with van der Waals surface area (Å²) in [5.41, 5.74) is 0. The molecule has 0 aromatic heterocycles. The number of unbranched alkanes of at least 4 members (excludes halogenated alkanes) is 22. The van der Waals surface area contributed by atoms with Gasteiger partial charge in [0.1, 0.15) is 0 Å². The van der Waals surface area contributed by atoms with Crippen molar-refractivity contribution >= 4 is 5.97 Å². The van der Waals surface area contributed by atoms with Crippen LogP contribution in [0.5, 0.6) is 0 Å². The SMILES string of the molecule is CCCCCCC=CCCC=CCCCCCCCCCCCCCCCCCCCC(=O)O. The third kappa shape index (κ3) is 31.0. The Morgan fingerprint density at radius 2 is 0.735 bits per heavy atom. The Bertz CT molecular complexity index is 452. The van der Waals surface area contributed by atoms with Crippen molar-refractivity contribution in [2.24, 2.45) is 0 Å². The molecule has 0 fully saturated rings. The molecule has 0 spiro atoms. The molecule has 0 unspecified atom stereocenters.